The SMILES string of the molecule is COc1cccc2c1nc(C(C)Cl)n2-c1cccc(C)c1. The largest absolute Gasteiger partial charge is 0.494 e. The fourth-order valence-corrected chi connectivity index (χ4v) is 2.71. The number of methoxy groups -OCH3 is 1. The zero-order valence-corrected chi connectivity index (χ0v) is 13.1. The Labute approximate surface area is 129 Å². The Morgan fingerprint density at radius 2 is 1.95 bits per heavy atom. The number of nitrogens with zero attached hydrogens (tertiary/aromatic N) is 2. The summed E-state index contributed by atoms with van der Waals surface area (Å²) in [4.78, 5) is 4.70. The molecule has 0 amide bonds. The average molecular weight is 301 g/mol. The summed E-state index contributed by atoms with van der Waals surface area (Å²) in [5.41, 5.74) is 4.10. The van der Waals surface area contributed by atoms with Crippen LogP contribution >= 0.6 is 11.6 Å². The van der Waals surface area contributed by atoms with Gasteiger partial charge in [0.2, 0.25) is 0 Å². The molecular formula is C17H17ClN2O. The van der Waals surface area contributed by atoms with Crippen molar-refractivity contribution in [3.8, 4) is 11.4 Å². The molecule has 4 heteroatoms. The van der Waals surface area contributed by atoms with E-state index in [1.807, 2.05) is 31.2 Å². The van der Waals surface area contributed by atoms with Crippen molar-refractivity contribution in [2.75, 3.05) is 7.11 Å². The monoisotopic (exact) mass is 300 g/mol. The molecule has 0 fully saturated rings. The van der Waals surface area contributed by atoms with E-state index in [-0.39, 0.29) is 5.38 Å². The Morgan fingerprint density at radius 1 is 1.19 bits per heavy atom. The number of ether oxygens (including phenoxy) is 1. The summed E-state index contributed by atoms with van der Waals surface area (Å²) in [6, 6.07) is 14.2. The Morgan fingerprint density at radius 3 is 2.62 bits per heavy atom. The number of rotatable bonds is 3. The van der Waals surface area contributed by atoms with Gasteiger partial charge in [-0.25, -0.2) is 4.98 Å². The van der Waals surface area contributed by atoms with Crippen LogP contribution in [0.3, 0.4) is 0 Å². The maximum absolute atomic E-state index is 6.34. The number of fused-ring (bicyclic) bond motifs is 1. The zero-order chi connectivity index (χ0) is 15.0. The number of hydrogen-bond donors (Lipinski definition) is 0. The molecule has 2 aromatic carbocycles. The average Bonchev–Trinajstić information content (AvgIpc) is 2.86. The van der Waals surface area contributed by atoms with Crippen molar-refractivity contribution in [3.05, 3.63) is 53.9 Å². The molecule has 1 atom stereocenters. The van der Waals surface area contributed by atoms with Gasteiger partial charge in [0.1, 0.15) is 17.1 Å². The van der Waals surface area contributed by atoms with Crippen molar-refractivity contribution < 1.29 is 4.74 Å². The second kappa shape index (κ2) is 5.41. The van der Waals surface area contributed by atoms with Crippen LogP contribution in [0.2, 0.25) is 0 Å². The molecule has 0 bridgehead atoms. The number of para-hydroxylation sites is 1. The lowest BCUT2D eigenvalue weighted by molar-refractivity contribution is 0.419. The molecule has 1 aromatic heterocycles. The van der Waals surface area contributed by atoms with Crippen LogP contribution in [0.5, 0.6) is 5.75 Å². The number of halogens is 1. The van der Waals surface area contributed by atoms with Crippen molar-refractivity contribution >= 4 is 22.6 Å². The van der Waals surface area contributed by atoms with Crippen LogP contribution in [0, 0.1) is 6.92 Å². The number of imidazole rings is 1. The lowest BCUT2D eigenvalue weighted by Gasteiger charge is -2.11. The summed E-state index contributed by atoms with van der Waals surface area (Å²) in [7, 11) is 1.66. The van der Waals surface area contributed by atoms with Crippen molar-refractivity contribution in [2.45, 2.75) is 19.2 Å². The van der Waals surface area contributed by atoms with Gasteiger partial charge in [-0.1, -0.05) is 18.2 Å². The number of benzene rings is 2. The number of aromatic nitrogens is 2. The van der Waals surface area contributed by atoms with Gasteiger partial charge >= 0.3 is 0 Å². The molecule has 1 unspecified atom stereocenters. The summed E-state index contributed by atoms with van der Waals surface area (Å²) in [6.07, 6.45) is 0. The molecule has 3 rings (SSSR count). The molecule has 1 heterocycles. The van der Waals surface area contributed by atoms with Crippen LogP contribution < -0.4 is 4.74 Å². The molecule has 0 saturated heterocycles. The van der Waals surface area contributed by atoms with Crippen molar-refractivity contribution in [2.24, 2.45) is 0 Å². The Kier molecular flexibility index (Phi) is 3.60. The molecule has 0 aliphatic heterocycles. The van der Waals surface area contributed by atoms with E-state index >= 15 is 0 Å². The topological polar surface area (TPSA) is 27.1 Å². The quantitative estimate of drug-likeness (QED) is 0.659. The summed E-state index contributed by atoms with van der Waals surface area (Å²) >= 11 is 6.34. The summed E-state index contributed by atoms with van der Waals surface area (Å²) in [5.74, 6) is 1.58. The second-order valence-electron chi connectivity index (χ2n) is 5.09. The summed E-state index contributed by atoms with van der Waals surface area (Å²) < 4.78 is 7.52. The predicted octanol–water partition coefficient (Wildman–Crippen LogP) is 4.64. The Balaban J connectivity index is 2.36. The highest BCUT2D eigenvalue weighted by atomic mass is 35.5. The minimum atomic E-state index is -0.192. The van der Waals surface area contributed by atoms with Crippen molar-refractivity contribution in [1.29, 1.82) is 0 Å². The minimum Gasteiger partial charge on any atom is -0.494 e. The molecular weight excluding hydrogens is 284 g/mol. The number of alkyl halides is 1. The zero-order valence-electron chi connectivity index (χ0n) is 12.3. The molecule has 0 aliphatic carbocycles. The van der Waals surface area contributed by atoms with E-state index in [4.69, 9.17) is 21.3 Å². The highest BCUT2D eigenvalue weighted by Crippen LogP contribution is 2.32. The Bertz CT molecular complexity index is 793. The number of hydrogen-bond acceptors (Lipinski definition) is 2. The van der Waals surface area contributed by atoms with Gasteiger partial charge in [-0.05, 0) is 43.7 Å². The van der Waals surface area contributed by atoms with Crippen LogP contribution in [-0.4, -0.2) is 16.7 Å². The second-order valence-corrected chi connectivity index (χ2v) is 5.74. The van der Waals surface area contributed by atoms with Crippen LogP contribution in [-0.2, 0) is 0 Å². The molecule has 21 heavy (non-hydrogen) atoms. The fraction of sp³-hybridized carbons (Fsp3) is 0.235. The van der Waals surface area contributed by atoms with Gasteiger partial charge in [-0.15, -0.1) is 11.6 Å². The normalized spacial score (nSPS) is 12.6. The molecule has 0 N–H and O–H groups in total. The summed E-state index contributed by atoms with van der Waals surface area (Å²) in [5, 5.41) is -0.192. The van der Waals surface area contributed by atoms with Crippen LogP contribution in [0.1, 0.15) is 23.7 Å². The van der Waals surface area contributed by atoms with Crippen LogP contribution in [0.4, 0.5) is 0 Å². The van der Waals surface area contributed by atoms with E-state index in [9.17, 15) is 0 Å². The van der Waals surface area contributed by atoms with Gasteiger partial charge in [0, 0.05) is 5.69 Å². The van der Waals surface area contributed by atoms with Gasteiger partial charge in [-0.2, -0.15) is 0 Å². The first-order valence-electron chi connectivity index (χ1n) is 6.88. The maximum Gasteiger partial charge on any atom is 0.146 e. The van der Waals surface area contributed by atoms with Crippen LogP contribution in [0.15, 0.2) is 42.5 Å². The minimum absolute atomic E-state index is 0.192. The molecule has 0 saturated carbocycles. The predicted molar refractivity (Wildman–Crippen MR) is 86.6 cm³/mol. The van der Waals surface area contributed by atoms with Crippen LogP contribution in [0.25, 0.3) is 16.7 Å². The van der Waals surface area contributed by atoms with E-state index in [2.05, 4.69) is 29.7 Å². The first-order chi connectivity index (χ1) is 10.1. The lowest BCUT2D eigenvalue weighted by atomic mass is 10.2. The first-order valence-corrected chi connectivity index (χ1v) is 7.32. The van der Waals surface area contributed by atoms with E-state index in [0.29, 0.717) is 0 Å². The molecule has 0 aliphatic rings. The third-order valence-corrected chi connectivity index (χ3v) is 3.70. The fourth-order valence-electron chi connectivity index (χ4n) is 2.56. The molecule has 0 spiro atoms. The highest BCUT2D eigenvalue weighted by molar-refractivity contribution is 6.20. The molecule has 108 valence electrons. The van der Waals surface area contributed by atoms with Crippen molar-refractivity contribution in [3.63, 3.8) is 0 Å². The van der Waals surface area contributed by atoms with Gasteiger partial charge in [0.15, 0.2) is 0 Å². The van der Waals surface area contributed by atoms with E-state index in [1.54, 1.807) is 7.11 Å². The smallest absolute Gasteiger partial charge is 0.146 e. The van der Waals surface area contributed by atoms with Gasteiger partial charge in [0.05, 0.1) is 18.0 Å². The van der Waals surface area contributed by atoms with E-state index in [1.165, 1.54) is 5.56 Å². The lowest BCUT2D eigenvalue weighted by Crippen LogP contribution is -2.02. The molecule has 3 aromatic rings. The molecule has 3 nitrogen and oxygen atoms in total. The van der Waals surface area contributed by atoms with E-state index in [0.717, 1.165) is 28.3 Å². The highest BCUT2D eigenvalue weighted by Gasteiger charge is 2.18. The first kappa shape index (κ1) is 14.0. The van der Waals surface area contributed by atoms with Gasteiger partial charge < -0.3 is 4.74 Å². The third-order valence-electron chi connectivity index (χ3n) is 3.51. The standard InChI is InChI=1S/C17H17ClN2O/c1-11-6-4-7-13(10-11)20-14-8-5-9-15(21-3)16(14)19-17(20)12(2)18/h4-10,12H,1-3H3. The van der Waals surface area contributed by atoms with E-state index < -0.39 is 0 Å². The maximum atomic E-state index is 6.34. The van der Waals surface area contributed by atoms with Crippen molar-refractivity contribution in [1.82, 2.24) is 9.55 Å². The van der Waals surface area contributed by atoms with Gasteiger partial charge in [0.25, 0.3) is 0 Å². The number of aryl methyl sites for hydroxylation is 1. The van der Waals surface area contributed by atoms with Gasteiger partial charge in [-0.3, -0.25) is 4.57 Å². The molecule has 0 radical (unpaired) electrons. The Hall–Kier alpha value is -2.00. The summed E-state index contributed by atoms with van der Waals surface area (Å²) in [6.45, 7) is 4.01. The third kappa shape index (κ3) is 2.38.